The van der Waals surface area contributed by atoms with Crippen LogP contribution in [0.25, 0.3) is 10.9 Å². The topological polar surface area (TPSA) is 95.0 Å². The van der Waals surface area contributed by atoms with Crippen LogP contribution in [-0.2, 0) is 9.47 Å². The van der Waals surface area contributed by atoms with E-state index in [9.17, 15) is 18.3 Å². The highest BCUT2D eigenvalue weighted by Gasteiger charge is 2.69. The summed E-state index contributed by atoms with van der Waals surface area (Å²) in [5.41, 5.74) is -1.53. The zero-order valence-electron chi connectivity index (χ0n) is 18.2. The van der Waals surface area contributed by atoms with Crippen molar-refractivity contribution in [1.82, 2.24) is 9.97 Å². The molecule has 1 aromatic heterocycles. The summed E-state index contributed by atoms with van der Waals surface area (Å²) < 4.78 is 62.0. The minimum atomic E-state index is -4.91. The van der Waals surface area contributed by atoms with Gasteiger partial charge in [-0.1, -0.05) is 23.1 Å². The molecule has 2 aromatic carbocycles. The monoisotopic (exact) mass is 507 g/mol. The van der Waals surface area contributed by atoms with Gasteiger partial charge >= 0.3 is 6.18 Å². The Morgan fingerprint density at radius 3 is 2.71 bits per heavy atom. The molecule has 2 fully saturated rings. The molecule has 2 aliphatic rings. The fraction of sp³-hybridized carbons (Fsp3) is 0.364. The summed E-state index contributed by atoms with van der Waals surface area (Å²) in [6, 6.07) is 8.27. The van der Waals surface area contributed by atoms with E-state index in [0.717, 1.165) is 0 Å². The quantitative estimate of drug-likeness (QED) is 0.509. The Morgan fingerprint density at radius 2 is 2.00 bits per heavy atom. The number of methoxy groups -OCH3 is 1. The third kappa shape index (κ3) is 4.14. The van der Waals surface area contributed by atoms with E-state index in [1.807, 2.05) is 0 Å². The van der Waals surface area contributed by atoms with E-state index in [4.69, 9.17) is 38.4 Å². The first kappa shape index (κ1) is 23.9. The smallest absolute Gasteiger partial charge is 0.422 e. The number of fused-ring (bicyclic) bond motifs is 2. The predicted octanol–water partition coefficient (Wildman–Crippen LogP) is 2.67. The summed E-state index contributed by atoms with van der Waals surface area (Å²) >= 11 is 6.10. The molecule has 8 nitrogen and oxygen atoms in total. The summed E-state index contributed by atoms with van der Waals surface area (Å²) in [5.74, 6) is 0.970. The summed E-state index contributed by atoms with van der Waals surface area (Å²) in [4.78, 5) is 8.54. The molecule has 2 saturated heterocycles. The van der Waals surface area contributed by atoms with Crippen LogP contribution in [0.3, 0.4) is 0 Å². The number of ether oxygens (including phenoxy) is 4. The van der Waals surface area contributed by atoms with Crippen molar-refractivity contribution in [2.75, 3.05) is 25.6 Å². The van der Waals surface area contributed by atoms with Crippen LogP contribution in [0.4, 0.5) is 24.7 Å². The van der Waals surface area contributed by atoms with Gasteiger partial charge in [0.05, 0.1) is 25.8 Å². The zero-order valence-corrected chi connectivity index (χ0v) is 18.9. The molecule has 0 spiro atoms. The largest absolute Gasteiger partial charge is 0.493 e. The number of nitrogens with one attached hydrogen (secondary N) is 1. The van der Waals surface area contributed by atoms with E-state index in [2.05, 4.69) is 15.3 Å². The highest BCUT2D eigenvalue weighted by Crippen LogP contribution is 2.45. The highest BCUT2D eigenvalue weighted by molar-refractivity contribution is 6.45. The minimum absolute atomic E-state index is 0.205. The number of alkyl halides is 3. The average molecular weight is 508 g/mol. The maximum Gasteiger partial charge on any atom is 0.422 e. The molecule has 0 saturated carbocycles. The number of rotatable bonds is 5. The van der Waals surface area contributed by atoms with Gasteiger partial charge in [-0.05, 0) is 18.2 Å². The van der Waals surface area contributed by atoms with Gasteiger partial charge in [0.15, 0.2) is 17.6 Å². The van der Waals surface area contributed by atoms with E-state index in [-0.39, 0.29) is 12.4 Å². The molecule has 4 atom stereocenters. The SMILES string of the molecule is [B]c1ccc(Nc2ncnc3cc(O[C@H]4CO[C@H]5[C@@H]4OC[C@]5(O)C(F)(F)F)c(OC)cc23)cc1Cl. The Labute approximate surface area is 203 Å². The highest BCUT2D eigenvalue weighted by atomic mass is 35.5. The van der Waals surface area contributed by atoms with Crippen molar-refractivity contribution in [1.29, 1.82) is 0 Å². The lowest BCUT2D eigenvalue weighted by molar-refractivity contribution is -0.282. The van der Waals surface area contributed by atoms with Crippen LogP contribution in [-0.4, -0.2) is 73.3 Å². The second-order valence-electron chi connectivity index (χ2n) is 8.21. The van der Waals surface area contributed by atoms with Crippen LogP contribution in [0.1, 0.15) is 0 Å². The molecule has 3 heterocycles. The van der Waals surface area contributed by atoms with E-state index >= 15 is 0 Å². The second kappa shape index (κ2) is 8.70. The molecular weight excluding hydrogens is 490 g/mol. The maximum absolute atomic E-state index is 13.4. The first-order chi connectivity index (χ1) is 16.6. The molecule has 35 heavy (non-hydrogen) atoms. The zero-order chi connectivity index (χ0) is 25.0. The number of aromatic nitrogens is 2. The standard InChI is InChI=1S/C22H18BClF3N3O5/c1-32-15-5-11-14(28-9-29-20(11)30-10-2-3-12(23)13(24)4-10)6-16(15)35-17-7-33-19-18(17)34-8-21(19,31)22(25,26)27/h2-6,9,17-19,31H,7-8H2,1H3,(H,28,29,30)/t17-,18+,19-,21+/m0/s1. The number of benzene rings is 2. The molecule has 0 bridgehead atoms. The van der Waals surface area contributed by atoms with Crippen LogP contribution in [0.2, 0.25) is 5.02 Å². The molecule has 0 aliphatic carbocycles. The van der Waals surface area contributed by atoms with Gasteiger partial charge < -0.3 is 29.4 Å². The first-order valence-corrected chi connectivity index (χ1v) is 10.8. The Hall–Kier alpha value is -2.80. The van der Waals surface area contributed by atoms with Gasteiger partial charge in [0.25, 0.3) is 0 Å². The number of hydrogen-bond donors (Lipinski definition) is 2. The second-order valence-corrected chi connectivity index (χ2v) is 8.62. The Balaban J connectivity index is 1.42. The van der Waals surface area contributed by atoms with Crippen molar-refractivity contribution in [3.8, 4) is 11.5 Å². The number of anilines is 2. The molecule has 2 N–H and O–H groups in total. The first-order valence-electron chi connectivity index (χ1n) is 10.4. The number of hydrogen-bond acceptors (Lipinski definition) is 8. The van der Waals surface area contributed by atoms with Gasteiger partial charge in [0.2, 0.25) is 5.60 Å². The third-order valence-corrected chi connectivity index (χ3v) is 6.35. The van der Waals surface area contributed by atoms with Crippen molar-refractivity contribution < 1.29 is 37.2 Å². The normalized spacial score (nSPS) is 26.1. The molecule has 0 unspecified atom stereocenters. The summed E-state index contributed by atoms with van der Waals surface area (Å²) in [6.45, 7) is -1.14. The van der Waals surface area contributed by atoms with E-state index in [1.54, 1.807) is 30.3 Å². The average Bonchev–Trinajstić information content (AvgIpc) is 3.37. The van der Waals surface area contributed by atoms with Crippen molar-refractivity contribution in [2.45, 2.75) is 30.1 Å². The van der Waals surface area contributed by atoms with E-state index in [0.29, 0.717) is 38.6 Å². The molecule has 2 radical (unpaired) electrons. The molecule has 2 aliphatic heterocycles. The van der Waals surface area contributed by atoms with Crippen LogP contribution >= 0.6 is 11.6 Å². The maximum atomic E-state index is 13.4. The van der Waals surface area contributed by atoms with Gasteiger partial charge in [0, 0.05) is 22.2 Å². The Morgan fingerprint density at radius 1 is 1.20 bits per heavy atom. The number of aliphatic hydroxyl groups is 1. The van der Waals surface area contributed by atoms with Crippen LogP contribution in [0, 0.1) is 0 Å². The predicted molar refractivity (Wildman–Crippen MR) is 121 cm³/mol. The van der Waals surface area contributed by atoms with Crippen LogP contribution in [0.15, 0.2) is 36.7 Å². The molecular formula is C22H18BClF3N3O5. The van der Waals surface area contributed by atoms with Gasteiger partial charge in [-0.25, -0.2) is 9.97 Å². The minimum Gasteiger partial charge on any atom is -0.493 e. The van der Waals surface area contributed by atoms with Gasteiger partial charge in [-0.15, -0.1) is 0 Å². The van der Waals surface area contributed by atoms with Crippen molar-refractivity contribution in [3.05, 3.63) is 41.7 Å². The number of halogens is 4. The van der Waals surface area contributed by atoms with Crippen molar-refractivity contribution in [2.24, 2.45) is 0 Å². The fourth-order valence-electron chi connectivity index (χ4n) is 4.16. The van der Waals surface area contributed by atoms with Crippen molar-refractivity contribution in [3.63, 3.8) is 0 Å². The van der Waals surface area contributed by atoms with Crippen LogP contribution < -0.4 is 20.3 Å². The van der Waals surface area contributed by atoms with Gasteiger partial charge in [-0.3, -0.25) is 0 Å². The molecule has 13 heteroatoms. The fourth-order valence-corrected chi connectivity index (χ4v) is 4.34. The van der Waals surface area contributed by atoms with Crippen molar-refractivity contribution >= 4 is 47.3 Å². The van der Waals surface area contributed by atoms with Crippen LogP contribution in [0.5, 0.6) is 11.5 Å². The van der Waals surface area contributed by atoms with E-state index < -0.39 is 36.7 Å². The lowest BCUT2D eigenvalue weighted by Crippen LogP contribution is -2.55. The number of nitrogens with zero attached hydrogens (tertiary/aromatic N) is 2. The van der Waals surface area contributed by atoms with E-state index in [1.165, 1.54) is 13.4 Å². The Bertz CT molecular complexity index is 1280. The summed E-state index contributed by atoms with van der Waals surface area (Å²) in [5, 5.41) is 14.2. The van der Waals surface area contributed by atoms with Gasteiger partial charge in [-0.2, -0.15) is 13.2 Å². The third-order valence-electron chi connectivity index (χ3n) is 6.02. The Kier molecular flexibility index (Phi) is 5.95. The summed E-state index contributed by atoms with van der Waals surface area (Å²) in [6.07, 6.45) is -7.17. The lowest BCUT2D eigenvalue weighted by atomic mass is 9.95. The van der Waals surface area contributed by atoms with Gasteiger partial charge in [0.1, 0.15) is 32.2 Å². The lowest BCUT2D eigenvalue weighted by Gasteiger charge is -2.28. The summed E-state index contributed by atoms with van der Waals surface area (Å²) in [7, 11) is 7.18. The molecule has 3 aromatic rings. The molecule has 0 amide bonds. The molecule has 182 valence electrons. The molecule has 5 rings (SSSR count).